The predicted octanol–water partition coefficient (Wildman–Crippen LogP) is 6.28. The second kappa shape index (κ2) is 10.5. The largest absolute Gasteiger partial charge is 0.573 e. The van der Waals surface area contributed by atoms with Gasteiger partial charge in [-0.05, 0) is 71.0 Å². The van der Waals surface area contributed by atoms with Crippen LogP contribution in [0.5, 0.6) is 5.75 Å². The molecule has 0 saturated heterocycles. The molecular weight excluding hydrogens is 537 g/mol. The molecule has 6 nitrogen and oxygen atoms in total. The molecule has 0 aliphatic heterocycles. The van der Waals surface area contributed by atoms with E-state index in [1.165, 1.54) is 24.3 Å². The topological polar surface area (TPSA) is 63.5 Å². The van der Waals surface area contributed by atoms with Crippen molar-refractivity contribution in [3.05, 3.63) is 101 Å². The molecule has 39 heavy (non-hydrogen) atoms. The Kier molecular flexibility index (Phi) is 7.00. The molecule has 0 saturated carbocycles. The van der Waals surface area contributed by atoms with Gasteiger partial charge in [0.2, 0.25) is 0 Å². The first kappa shape index (κ1) is 25.9. The summed E-state index contributed by atoms with van der Waals surface area (Å²) < 4.78 is 69.6. The monoisotopic (exact) mass is 553 g/mol. The van der Waals surface area contributed by atoms with E-state index < -0.39 is 18.0 Å². The summed E-state index contributed by atoms with van der Waals surface area (Å²) in [6, 6.07) is 15.0. The molecule has 0 radical (unpaired) electrons. The Morgan fingerprint density at radius 3 is 2.62 bits per heavy atom. The van der Waals surface area contributed by atoms with Gasteiger partial charge in [0.05, 0.1) is 11.0 Å². The highest BCUT2D eigenvalue weighted by atomic mass is 32.1. The second-order valence-corrected chi connectivity index (χ2v) is 8.54. The number of imidazole rings is 1. The van der Waals surface area contributed by atoms with E-state index in [1.807, 2.05) is 30.3 Å². The lowest BCUT2D eigenvalue weighted by molar-refractivity contribution is -0.274. The second-order valence-electron chi connectivity index (χ2n) is 8.14. The highest BCUT2D eigenvalue weighted by Crippen LogP contribution is 2.28. The van der Waals surface area contributed by atoms with Crippen LogP contribution in [0.15, 0.2) is 101 Å². The number of hydrogen-bond donors (Lipinski definition) is 2. The Hall–Kier alpha value is -4.76. The molecule has 3 aromatic carbocycles. The Bertz CT molecular complexity index is 1760. The van der Waals surface area contributed by atoms with Gasteiger partial charge in [0.25, 0.3) is 0 Å². The van der Waals surface area contributed by atoms with E-state index in [0.717, 1.165) is 27.4 Å². The fourth-order valence-electron chi connectivity index (χ4n) is 3.84. The Balaban J connectivity index is 1.27. The standard InChI is InChI=1S/C27H16F5N5OS/c28-18-3-9-23(22(29)12-18)36-26(39)34-14-33-13-16-1-8-21-17(11-16)2-10-24-25(21)35-15-37(24)19-4-6-20(7-5-19)38-27(30,31)32/h1-2,4-8,10-13,15H,14H2,(H2,34,36,39). The van der Waals surface area contributed by atoms with E-state index in [4.69, 9.17) is 12.2 Å². The average molecular weight is 554 g/mol. The van der Waals surface area contributed by atoms with Gasteiger partial charge in [-0.2, -0.15) is 4.39 Å². The number of halogens is 5. The lowest BCUT2D eigenvalue weighted by Crippen LogP contribution is -2.34. The first-order chi connectivity index (χ1) is 18.7. The minimum absolute atomic E-state index is 0.0846. The SMILES string of the molecule is FC1=C=C=C(NC(=S)NCN=Cc2ccc3c(ccc4c3ncn4-c3ccc(OC(F)(F)F)cc3)c2)C(F)=C1. The van der Waals surface area contributed by atoms with Crippen LogP contribution in [0.1, 0.15) is 5.56 Å². The van der Waals surface area contributed by atoms with Crippen LogP contribution >= 0.6 is 12.2 Å². The number of rotatable bonds is 6. The quantitative estimate of drug-likeness (QED) is 0.127. The number of aromatic nitrogens is 2. The van der Waals surface area contributed by atoms with E-state index >= 15 is 0 Å². The number of ether oxygens (including phenoxy) is 1. The number of alkyl halides is 3. The molecule has 1 heterocycles. The Morgan fingerprint density at radius 2 is 1.87 bits per heavy atom. The molecule has 0 unspecified atom stereocenters. The summed E-state index contributed by atoms with van der Waals surface area (Å²) in [4.78, 5) is 8.78. The molecule has 0 bridgehead atoms. The number of benzene rings is 3. The van der Waals surface area contributed by atoms with Crippen molar-refractivity contribution in [2.24, 2.45) is 4.99 Å². The van der Waals surface area contributed by atoms with Crippen LogP contribution in [-0.4, -0.2) is 33.9 Å². The molecule has 12 heteroatoms. The molecule has 1 aliphatic carbocycles. The normalized spacial score (nSPS) is 13.4. The van der Waals surface area contributed by atoms with Crippen LogP contribution in [0.4, 0.5) is 22.0 Å². The first-order valence-electron chi connectivity index (χ1n) is 11.3. The third-order valence-corrected chi connectivity index (χ3v) is 5.76. The molecule has 4 aromatic rings. The Labute approximate surface area is 223 Å². The molecule has 0 spiro atoms. The maximum Gasteiger partial charge on any atom is 0.573 e. The smallest absolute Gasteiger partial charge is 0.406 e. The summed E-state index contributed by atoms with van der Waals surface area (Å²) in [5, 5.41) is 7.23. The third kappa shape index (κ3) is 6.05. The fourth-order valence-corrected chi connectivity index (χ4v) is 4.01. The van der Waals surface area contributed by atoms with Crippen LogP contribution < -0.4 is 15.4 Å². The number of fused-ring (bicyclic) bond motifs is 3. The van der Waals surface area contributed by atoms with E-state index in [0.29, 0.717) is 11.8 Å². The average Bonchev–Trinajstić information content (AvgIpc) is 3.32. The van der Waals surface area contributed by atoms with E-state index in [9.17, 15) is 22.0 Å². The van der Waals surface area contributed by atoms with Gasteiger partial charge in [-0.1, -0.05) is 18.2 Å². The van der Waals surface area contributed by atoms with Gasteiger partial charge in [-0.25, -0.2) is 9.37 Å². The molecule has 1 aromatic heterocycles. The van der Waals surface area contributed by atoms with Gasteiger partial charge in [0.15, 0.2) is 16.8 Å². The zero-order valence-corrected chi connectivity index (χ0v) is 20.5. The maximum absolute atomic E-state index is 13.7. The zero-order chi connectivity index (χ0) is 27.6. The molecule has 196 valence electrons. The molecule has 0 fully saturated rings. The Morgan fingerprint density at radius 1 is 1.08 bits per heavy atom. The van der Waals surface area contributed by atoms with Crippen molar-refractivity contribution in [2.75, 3.05) is 6.67 Å². The minimum atomic E-state index is -4.75. The fraction of sp³-hybridized carbons (Fsp3) is 0.0741. The summed E-state index contributed by atoms with van der Waals surface area (Å²) in [5.41, 5.74) is 7.25. The van der Waals surface area contributed by atoms with Crippen LogP contribution in [0.2, 0.25) is 0 Å². The maximum atomic E-state index is 13.7. The molecule has 0 atom stereocenters. The van der Waals surface area contributed by atoms with Gasteiger partial charge in [0.1, 0.15) is 24.4 Å². The first-order valence-corrected chi connectivity index (χ1v) is 11.7. The highest BCUT2D eigenvalue weighted by molar-refractivity contribution is 7.80. The summed E-state index contributed by atoms with van der Waals surface area (Å²) >= 11 is 5.08. The van der Waals surface area contributed by atoms with E-state index in [-0.39, 0.29) is 23.2 Å². The number of thiocarbonyl (C=S) groups is 1. The van der Waals surface area contributed by atoms with Crippen molar-refractivity contribution in [1.29, 1.82) is 0 Å². The number of allylic oxidation sites excluding steroid dienone is 3. The summed E-state index contributed by atoms with van der Waals surface area (Å²) in [6.07, 6.45) is -0.835. The van der Waals surface area contributed by atoms with Crippen molar-refractivity contribution in [2.45, 2.75) is 6.36 Å². The molecular formula is C27H16F5N5OS. The number of aliphatic imine (C=N–C) groups is 1. The summed E-state index contributed by atoms with van der Waals surface area (Å²) in [5.74, 6) is -2.01. The molecule has 5 rings (SSSR count). The van der Waals surface area contributed by atoms with Crippen molar-refractivity contribution in [3.63, 3.8) is 0 Å². The number of hydrogen-bond acceptors (Lipinski definition) is 4. The van der Waals surface area contributed by atoms with Crippen LogP contribution in [0, 0.1) is 0 Å². The highest BCUT2D eigenvalue weighted by Gasteiger charge is 2.31. The van der Waals surface area contributed by atoms with Crippen LogP contribution in [-0.2, 0) is 0 Å². The number of nitrogens with one attached hydrogen (secondary N) is 2. The minimum Gasteiger partial charge on any atom is -0.406 e. The van der Waals surface area contributed by atoms with Crippen molar-refractivity contribution in [1.82, 2.24) is 20.2 Å². The van der Waals surface area contributed by atoms with Crippen LogP contribution in [0.3, 0.4) is 0 Å². The lowest BCUT2D eigenvalue weighted by atomic mass is 10.1. The molecule has 1 aliphatic rings. The lowest BCUT2D eigenvalue weighted by Gasteiger charge is -2.10. The van der Waals surface area contributed by atoms with Crippen molar-refractivity contribution in [3.8, 4) is 11.4 Å². The van der Waals surface area contributed by atoms with Crippen LogP contribution in [0.25, 0.3) is 27.5 Å². The van der Waals surface area contributed by atoms with E-state index in [1.54, 1.807) is 17.1 Å². The van der Waals surface area contributed by atoms with Crippen molar-refractivity contribution < 1.29 is 26.7 Å². The molecule has 0 amide bonds. The van der Waals surface area contributed by atoms with E-state index in [2.05, 4.69) is 36.8 Å². The van der Waals surface area contributed by atoms with Gasteiger partial charge >= 0.3 is 6.36 Å². The van der Waals surface area contributed by atoms with Gasteiger partial charge < -0.3 is 15.4 Å². The summed E-state index contributed by atoms with van der Waals surface area (Å²) in [7, 11) is 0. The third-order valence-electron chi connectivity index (χ3n) is 5.51. The van der Waals surface area contributed by atoms with Gasteiger partial charge in [-0.15, -0.1) is 13.2 Å². The van der Waals surface area contributed by atoms with Crippen molar-refractivity contribution >= 4 is 45.4 Å². The van der Waals surface area contributed by atoms with Gasteiger partial charge in [-0.3, -0.25) is 9.56 Å². The van der Waals surface area contributed by atoms with Gasteiger partial charge in [0, 0.05) is 23.4 Å². The number of nitrogens with zero attached hydrogens (tertiary/aromatic N) is 3. The molecule has 2 N–H and O–H groups in total. The predicted molar refractivity (Wildman–Crippen MR) is 141 cm³/mol. The zero-order valence-electron chi connectivity index (χ0n) is 19.7. The summed E-state index contributed by atoms with van der Waals surface area (Å²) in [6.45, 7) is 0.104.